The molecule has 1 heterocycles. The molecule has 0 aliphatic carbocycles. The van der Waals surface area contributed by atoms with Crippen LogP contribution >= 0.6 is 27.3 Å². The van der Waals surface area contributed by atoms with E-state index in [1.807, 2.05) is 0 Å². The second-order valence-electron chi connectivity index (χ2n) is 3.38. The molecule has 0 unspecified atom stereocenters. The molecule has 3 heteroatoms. The number of hydrogen-bond donors (Lipinski definition) is 1. The molecule has 1 aromatic rings. The normalized spacial score (nSPS) is 13.8. The average molecular weight is 248 g/mol. The van der Waals surface area contributed by atoms with Crippen LogP contribution in [0.5, 0.6) is 0 Å². The molecule has 0 radical (unpaired) electrons. The summed E-state index contributed by atoms with van der Waals surface area (Å²) in [6.07, 6.45) is 1.06. The highest BCUT2D eigenvalue weighted by Crippen LogP contribution is 2.28. The van der Waals surface area contributed by atoms with E-state index >= 15 is 0 Å². The minimum Gasteiger partial charge on any atom is -0.323 e. The highest BCUT2D eigenvalue weighted by atomic mass is 79.9. The summed E-state index contributed by atoms with van der Waals surface area (Å²) in [5, 5.41) is 0. The Bertz CT molecular complexity index is 244. The molecule has 0 spiro atoms. The van der Waals surface area contributed by atoms with Gasteiger partial charge in [0.05, 0.1) is 3.79 Å². The standard InChI is InChI=1S/C9H14BrNS/c1-6(2)5-7(11)8-3-4-9(10)12-8/h3-4,6-7H,5,11H2,1-2H3/t7-/m0/s1. The molecule has 68 valence electrons. The molecule has 0 aliphatic heterocycles. The van der Waals surface area contributed by atoms with E-state index in [4.69, 9.17) is 5.73 Å². The van der Waals surface area contributed by atoms with Crippen LogP contribution in [0.4, 0.5) is 0 Å². The van der Waals surface area contributed by atoms with Gasteiger partial charge in [0.25, 0.3) is 0 Å². The predicted octanol–water partition coefficient (Wildman–Crippen LogP) is 3.56. The summed E-state index contributed by atoms with van der Waals surface area (Å²) >= 11 is 5.16. The minimum atomic E-state index is 0.210. The van der Waals surface area contributed by atoms with Crippen LogP contribution in [-0.4, -0.2) is 0 Å². The fourth-order valence-electron chi connectivity index (χ4n) is 1.15. The van der Waals surface area contributed by atoms with E-state index < -0.39 is 0 Å². The Hall–Kier alpha value is 0.140. The number of rotatable bonds is 3. The fraction of sp³-hybridized carbons (Fsp3) is 0.556. The number of thiophene rings is 1. The summed E-state index contributed by atoms with van der Waals surface area (Å²) in [7, 11) is 0. The maximum absolute atomic E-state index is 6.00. The lowest BCUT2D eigenvalue weighted by molar-refractivity contribution is 0.515. The highest BCUT2D eigenvalue weighted by molar-refractivity contribution is 9.11. The van der Waals surface area contributed by atoms with E-state index in [2.05, 4.69) is 41.9 Å². The van der Waals surface area contributed by atoms with E-state index in [-0.39, 0.29) is 6.04 Å². The Balaban J connectivity index is 2.58. The molecule has 1 aromatic heterocycles. The molecule has 0 aliphatic rings. The second-order valence-corrected chi connectivity index (χ2v) is 5.87. The second kappa shape index (κ2) is 4.40. The molecule has 2 N–H and O–H groups in total. The first-order chi connectivity index (χ1) is 5.59. The largest absolute Gasteiger partial charge is 0.323 e. The van der Waals surface area contributed by atoms with Gasteiger partial charge in [0, 0.05) is 10.9 Å². The maximum Gasteiger partial charge on any atom is 0.0701 e. The van der Waals surface area contributed by atoms with Gasteiger partial charge in [0.1, 0.15) is 0 Å². The van der Waals surface area contributed by atoms with Gasteiger partial charge in [-0.05, 0) is 40.4 Å². The lowest BCUT2D eigenvalue weighted by Gasteiger charge is -2.11. The molecule has 1 rings (SSSR count). The first-order valence-corrected chi connectivity index (χ1v) is 5.71. The van der Waals surface area contributed by atoms with Crippen LogP contribution in [0.15, 0.2) is 15.9 Å². The van der Waals surface area contributed by atoms with Crippen molar-refractivity contribution >= 4 is 27.3 Å². The molecule has 12 heavy (non-hydrogen) atoms. The van der Waals surface area contributed by atoms with Gasteiger partial charge in [0.2, 0.25) is 0 Å². The van der Waals surface area contributed by atoms with Crippen molar-refractivity contribution in [3.63, 3.8) is 0 Å². The topological polar surface area (TPSA) is 26.0 Å². The van der Waals surface area contributed by atoms with E-state index in [1.54, 1.807) is 11.3 Å². The zero-order valence-electron chi connectivity index (χ0n) is 7.38. The number of hydrogen-bond acceptors (Lipinski definition) is 2. The minimum absolute atomic E-state index is 0.210. The fourth-order valence-corrected chi connectivity index (χ4v) is 2.59. The molecule has 0 aromatic carbocycles. The van der Waals surface area contributed by atoms with Crippen molar-refractivity contribution in [2.45, 2.75) is 26.3 Å². The average Bonchev–Trinajstić information content (AvgIpc) is 2.34. The quantitative estimate of drug-likeness (QED) is 0.869. The molecule has 0 saturated heterocycles. The smallest absolute Gasteiger partial charge is 0.0701 e. The van der Waals surface area contributed by atoms with Crippen molar-refractivity contribution in [2.24, 2.45) is 11.7 Å². The van der Waals surface area contributed by atoms with Crippen molar-refractivity contribution in [1.29, 1.82) is 0 Å². The highest BCUT2D eigenvalue weighted by Gasteiger charge is 2.09. The van der Waals surface area contributed by atoms with Gasteiger partial charge >= 0.3 is 0 Å². The third kappa shape index (κ3) is 2.88. The molecular weight excluding hydrogens is 234 g/mol. The summed E-state index contributed by atoms with van der Waals surface area (Å²) in [4.78, 5) is 1.27. The van der Waals surface area contributed by atoms with Crippen molar-refractivity contribution < 1.29 is 0 Å². The first kappa shape index (κ1) is 10.2. The monoisotopic (exact) mass is 247 g/mol. The van der Waals surface area contributed by atoms with Crippen LogP contribution in [0, 0.1) is 5.92 Å². The van der Waals surface area contributed by atoms with Gasteiger partial charge in [-0.3, -0.25) is 0 Å². The predicted molar refractivity (Wildman–Crippen MR) is 58.4 cm³/mol. The van der Waals surface area contributed by atoms with Crippen molar-refractivity contribution in [2.75, 3.05) is 0 Å². The van der Waals surface area contributed by atoms with Crippen LogP contribution in [0.2, 0.25) is 0 Å². The third-order valence-corrected chi connectivity index (χ3v) is 3.44. The van der Waals surface area contributed by atoms with Crippen molar-refractivity contribution in [3.8, 4) is 0 Å². The molecule has 0 amide bonds. The molecule has 0 fully saturated rings. The van der Waals surface area contributed by atoms with Crippen LogP contribution in [-0.2, 0) is 0 Å². The Morgan fingerprint density at radius 2 is 2.17 bits per heavy atom. The Morgan fingerprint density at radius 3 is 2.58 bits per heavy atom. The summed E-state index contributed by atoms with van der Waals surface area (Å²) < 4.78 is 1.16. The molecule has 1 nitrogen and oxygen atoms in total. The summed E-state index contributed by atoms with van der Waals surface area (Å²) in [5.41, 5.74) is 6.00. The van der Waals surface area contributed by atoms with Crippen LogP contribution in [0.25, 0.3) is 0 Å². The van der Waals surface area contributed by atoms with Gasteiger partial charge in [-0.1, -0.05) is 13.8 Å². The maximum atomic E-state index is 6.00. The van der Waals surface area contributed by atoms with Gasteiger partial charge in [-0.2, -0.15) is 0 Å². The molecule has 0 bridgehead atoms. The molecule has 0 saturated carbocycles. The van der Waals surface area contributed by atoms with Gasteiger partial charge in [0.15, 0.2) is 0 Å². The van der Waals surface area contributed by atoms with Crippen molar-refractivity contribution in [3.05, 3.63) is 20.8 Å². The summed E-state index contributed by atoms with van der Waals surface area (Å²) in [6.45, 7) is 4.39. The Kier molecular flexibility index (Phi) is 3.75. The zero-order valence-corrected chi connectivity index (χ0v) is 9.78. The van der Waals surface area contributed by atoms with Crippen LogP contribution < -0.4 is 5.73 Å². The van der Waals surface area contributed by atoms with E-state index in [9.17, 15) is 0 Å². The lowest BCUT2D eigenvalue weighted by Crippen LogP contribution is -2.11. The van der Waals surface area contributed by atoms with E-state index in [0.29, 0.717) is 5.92 Å². The first-order valence-electron chi connectivity index (χ1n) is 4.10. The summed E-state index contributed by atoms with van der Waals surface area (Å²) in [6, 6.07) is 4.36. The third-order valence-electron chi connectivity index (χ3n) is 1.68. The van der Waals surface area contributed by atoms with Crippen molar-refractivity contribution in [1.82, 2.24) is 0 Å². The van der Waals surface area contributed by atoms with Gasteiger partial charge in [-0.15, -0.1) is 11.3 Å². The van der Waals surface area contributed by atoms with Gasteiger partial charge < -0.3 is 5.73 Å². The SMILES string of the molecule is CC(C)C[C@H](N)c1ccc(Br)s1. The number of nitrogens with two attached hydrogens (primary N) is 1. The van der Waals surface area contributed by atoms with Crippen LogP contribution in [0.1, 0.15) is 31.2 Å². The lowest BCUT2D eigenvalue weighted by atomic mass is 10.0. The zero-order chi connectivity index (χ0) is 9.14. The van der Waals surface area contributed by atoms with Crippen LogP contribution in [0.3, 0.4) is 0 Å². The van der Waals surface area contributed by atoms with E-state index in [0.717, 1.165) is 10.2 Å². The molecular formula is C9H14BrNS. The summed E-state index contributed by atoms with van der Waals surface area (Å²) in [5.74, 6) is 0.667. The Morgan fingerprint density at radius 1 is 1.50 bits per heavy atom. The Labute approximate surface area is 86.1 Å². The van der Waals surface area contributed by atoms with E-state index in [1.165, 1.54) is 4.88 Å². The molecule has 1 atom stereocenters. The van der Waals surface area contributed by atoms with Gasteiger partial charge in [-0.25, -0.2) is 0 Å². The number of halogens is 1.